The summed E-state index contributed by atoms with van der Waals surface area (Å²) in [7, 11) is -2.42. The van der Waals surface area contributed by atoms with Crippen molar-refractivity contribution in [2.45, 2.75) is 38.4 Å². The minimum atomic E-state index is -3.91. The first kappa shape index (κ1) is 33.7. The normalized spacial score (nSPS) is 17.1. The van der Waals surface area contributed by atoms with Crippen LogP contribution in [0.2, 0.25) is 0 Å². The quantitative estimate of drug-likeness (QED) is 0.151. The third-order valence-corrected chi connectivity index (χ3v) is 8.67. The van der Waals surface area contributed by atoms with Crippen LogP contribution in [0.5, 0.6) is 5.75 Å². The van der Waals surface area contributed by atoms with E-state index in [2.05, 4.69) is 15.6 Å². The number of benzene rings is 1. The molecule has 3 N–H and O–H groups in total. The van der Waals surface area contributed by atoms with Crippen molar-refractivity contribution in [3.63, 3.8) is 0 Å². The number of amides is 1. The number of pyridine rings is 1. The molecule has 1 aromatic heterocycles. The van der Waals surface area contributed by atoms with Gasteiger partial charge in [-0.1, -0.05) is 20.8 Å². The Morgan fingerprint density at radius 1 is 1.19 bits per heavy atom. The first-order chi connectivity index (χ1) is 20.3. The number of nitrogens with one attached hydrogen (secondary N) is 2. The molecule has 0 radical (unpaired) electrons. The van der Waals surface area contributed by atoms with E-state index in [1.807, 2.05) is 20.8 Å². The fraction of sp³-hybridized carbons (Fsp3) is 0.500. The topological polar surface area (TPSA) is 182 Å². The molecule has 0 bridgehead atoms. The van der Waals surface area contributed by atoms with Crippen LogP contribution in [0.15, 0.2) is 59.3 Å². The number of sulfonamides is 1. The predicted molar refractivity (Wildman–Crippen MR) is 158 cm³/mol. The number of rotatable bonds is 15. The number of carbonyl (C=O) groups is 1. The van der Waals surface area contributed by atoms with Crippen LogP contribution in [0.25, 0.3) is 0 Å². The molecular weight excluding hydrogens is 582 g/mol. The maximum Gasteiger partial charge on any atom is 0.287 e. The molecule has 43 heavy (non-hydrogen) atoms. The van der Waals surface area contributed by atoms with Gasteiger partial charge in [-0.2, -0.15) is 4.31 Å². The van der Waals surface area contributed by atoms with Crippen LogP contribution in [0.1, 0.15) is 27.2 Å². The number of carbonyl (C=O) groups excluding carboxylic acids is 1. The summed E-state index contributed by atoms with van der Waals surface area (Å²) in [6, 6.07) is 8.77. The highest BCUT2D eigenvalue weighted by molar-refractivity contribution is 7.89. The van der Waals surface area contributed by atoms with Crippen molar-refractivity contribution in [3.05, 3.63) is 64.5 Å². The van der Waals surface area contributed by atoms with Gasteiger partial charge in [-0.3, -0.25) is 14.9 Å². The van der Waals surface area contributed by atoms with Crippen molar-refractivity contribution in [1.82, 2.24) is 14.6 Å². The Labute approximate surface area is 251 Å². The Hall–Kier alpha value is -3.79. The average Bonchev–Trinajstić information content (AvgIpc) is 2.98. The van der Waals surface area contributed by atoms with Crippen LogP contribution in [0.3, 0.4) is 0 Å². The number of aliphatic hydroxyl groups excluding tert-OH is 1. The monoisotopic (exact) mass is 621 g/mol. The number of hydrogen-bond donors (Lipinski definition) is 3. The summed E-state index contributed by atoms with van der Waals surface area (Å²) in [4.78, 5) is 27.2. The summed E-state index contributed by atoms with van der Waals surface area (Å²) < 4.78 is 44.4. The van der Waals surface area contributed by atoms with Crippen LogP contribution in [-0.4, -0.2) is 86.4 Å². The zero-order valence-corrected chi connectivity index (χ0v) is 25.5. The molecule has 2 aromatic rings. The minimum absolute atomic E-state index is 0.0298. The standard InChI is InChI=1S/C28H39N5O9S/c1-28(2,3)20-17-24(27(35)30-12-11-29-25-10-5-21(19-31-25)33(36)37)42-26(18-20)41-16-14-32(13-15-34)43(38,39)23-8-6-22(40-4)7-9-23/h5-10,17,19-20,26,34H,11-16,18H2,1-4H3,(H,29,31)(H,30,35)/t20-,26+/m1/s1. The highest BCUT2D eigenvalue weighted by Crippen LogP contribution is 2.36. The molecular formula is C28H39N5O9S. The van der Waals surface area contributed by atoms with E-state index in [0.717, 1.165) is 10.5 Å². The van der Waals surface area contributed by atoms with Crippen molar-refractivity contribution in [3.8, 4) is 5.75 Å². The number of ether oxygens (including phenoxy) is 3. The third-order valence-electron chi connectivity index (χ3n) is 6.76. The number of nitro groups is 1. The molecule has 2 heterocycles. The molecule has 2 atom stereocenters. The smallest absolute Gasteiger partial charge is 0.287 e. The zero-order chi connectivity index (χ0) is 31.6. The lowest BCUT2D eigenvalue weighted by atomic mass is 9.77. The average molecular weight is 622 g/mol. The first-order valence-corrected chi connectivity index (χ1v) is 15.2. The number of methoxy groups -OCH3 is 1. The second-order valence-electron chi connectivity index (χ2n) is 10.8. The van der Waals surface area contributed by atoms with Crippen molar-refractivity contribution in [2.75, 3.05) is 51.8 Å². The summed E-state index contributed by atoms with van der Waals surface area (Å²) in [6.07, 6.45) is 2.58. The van der Waals surface area contributed by atoms with Gasteiger partial charge in [0.15, 0.2) is 5.76 Å². The summed E-state index contributed by atoms with van der Waals surface area (Å²) >= 11 is 0. The second-order valence-corrected chi connectivity index (χ2v) is 12.7. The molecule has 3 rings (SSSR count). The molecule has 0 saturated heterocycles. The maximum absolute atomic E-state index is 13.2. The van der Waals surface area contributed by atoms with Crippen molar-refractivity contribution < 1.29 is 37.5 Å². The number of allylic oxidation sites excluding steroid dienone is 1. The van der Waals surface area contributed by atoms with E-state index >= 15 is 0 Å². The Kier molecular flexibility index (Phi) is 11.8. The van der Waals surface area contributed by atoms with Gasteiger partial charge in [-0.05, 0) is 47.7 Å². The molecule has 0 spiro atoms. The molecule has 236 valence electrons. The molecule has 15 heteroatoms. The molecule has 1 aliphatic rings. The fourth-order valence-electron chi connectivity index (χ4n) is 4.22. The van der Waals surface area contributed by atoms with Gasteiger partial charge in [0.2, 0.25) is 16.3 Å². The van der Waals surface area contributed by atoms with E-state index in [1.165, 1.54) is 31.4 Å². The highest BCUT2D eigenvalue weighted by Gasteiger charge is 2.34. The van der Waals surface area contributed by atoms with E-state index in [0.29, 0.717) is 24.5 Å². The molecule has 0 saturated carbocycles. The van der Waals surface area contributed by atoms with Gasteiger partial charge in [-0.25, -0.2) is 13.4 Å². The van der Waals surface area contributed by atoms with Gasteiger partial charge in [0.05, 0.1) is 30.1 Å². The van der Waals surface area contributed by atoms with Gasteiger partial charge in [0, 0.05) is 38.7 Å². The molecule has 0 fully saturated rings. The molecule has 1 aromatic carbocycles. The van der Waals surface area contributed by atoms with Crippen molar-refractivity contribution >= 4 is 27.4 Å². The van der Waals surface area contributed by atoms with Crippen molar-refractivity contribution in [1.29, 1.82) is 0 Å². The second kappa shape index (κ2) is 15.1. The Balaban J connectivity index is 1.57. The maximum atomic E-state index is 13.2. The van der Waals surface area contributed by atoms with E-state index in [1.54, 1.807) is 18.2 Å². The van der Waals surface area contributed by atoms with E-state index in [-0.39, 0.29) is 60.5 Å². The van der Waals surface area contributed by atoms with Crippen LogP contribution in [0, 0.1) is 21.4 Å². The first-order valence-electron chi connectivity index (χ1n) is 13.7. The number of hydrogen-bond acceptors (Lipinski definition) is 11. The third kappa shape index (κ3) is 9.61. The van der Waals surface area contributed by atoms with E-state index in [4.69, 9.17) is 14.2 Å². The molecule has 0 aliphatic carbocycles. The number of aliphatic hydroxyl groups is 1. The highest BCUT2D eigenvalue weighted by atomic mass is 32.2. The molecule has 0 unspecified atom stereocenters. The van der Waals surface area contributed by atoms with E-state index < -0.39 is 27.1 Å². The summed E-state index contributed by atoms with van der Waals surface area (Å²) in [5.41, 5.74) is -0.328. The minimum Gasteiger partial charge on any atom is -0.497 e. The number of nitrogens with zero attached hydrogens (tertiary/aromatic N) is 3. The summed E-state index contributed by atoms with van der Waals surface area (Å²) in [6.45, 7) is 6.10. The fourth-order valence-corrected chi connectivity index (χ4v) is 5.64. The lowest BCUT2D eigenvalue weighted by Gasteiger charge is -2.36. The van der Waals surface area contributed by atoms with E-state index in [9.17, 15) is 28.4 Å². The number of aromatic nitrogens is 1. The lowest BCUT2D eigenvalue weighted by Crippen LogP contribution is -2.40. The van der Waals surface area contributed by atoms with Gasteiger partial charge >= 0.3 is 0 Å². The predicted octanol–water partition coefficient (Wildman–Crippen LogP) is 2.52. The van der Waals surface area contributed by atoms with Crippen LogP contribution in [-0.2, 0) is 24.3 Å². The SMILES string of the molecule is COc1ccc(S(=O)(=O)N(CCO)CCO[C@@H]2C[C@H](C(C)(C)C)C=C(C(=O)NCCNc3ccc([N+](=O)[O-])cn3)O2)cc1. The summed E-state index contributed by atoms with van der Waals surface area (Å²) in [5.74, 6) is 0.543. The molecule has 1 aliphatic heterocycles. The van der Waals surface area contributed by atoms with Crippen LogP contribution < -0.4 is 15.4 Å². The largest absolute Gasteiger partial charge is 0.497 e. The zero-order valence-electron chi connectivity index (χ0n) is 24.7. The Morgan fingerprint density at radius 2 is 1.91 bits per heavy atom. The van der Waals surface area contributed by atoms with Crippen LogP contribution in [0.4, 0.5) is 11.5 Å². The van der Waals surface area contributed by atoms with Gasteiger partial charge in [0.25, 0.3) is 11.6 Å². The van der Waals surface area contributed by atoms with Gasteiger partial charge in [0.1, 0.15) is 17.8 Å². The number of anilines is 1. The van der Waals surface area contributed by atoms with Gasteiger partial charge < -0.3 is 30.0 Å². The van der Waals surface area contributed by atoms with Gasteiger partial charge in [-0.15, -0.1) is 0 Å². The molecule has 1 amide bonds. The summed E-state index contributed by atoms with van der Waals surface area (Å²) in [5, 5.41) is 26.0. The lowest BCUT2D eigenvalue weighted by molar-refractivity contribution is -0.385. The molecule has 14 nitrogen and oxygen atoms in total. The van der Waals surface area contributed by atoms with Crippen molar-refractivity contribution in [2.24, 2.45) is 11.3 Å². The Morgan fingerprint density at radius 3 is 2.49 bits per heavy atom. The van der Waals surface area contributed by atoms with Crippen LogP contribution >= 0.6 is 0 Å². The Bertz CT molecular complexity index is 1360.